The van der Waals surface area contributed by atoms with Crippen LogP contribution in [-0.2, 0) is 4.74 Å². The fourth-order valence-corrected chi connectivity index (χ4v) is 2.13. The van der Waals surface area contributed by atoms with Gasteiger partial charge in [0.2, 0.25) is 0 Å². The van der Waals surface area contributed by atoms with Gasteiger partial charge in [-0.15, -0.1) is 0 Å². The van der Waals surface area contributed by atoms with Gasteiger partial charge in [0.25, 0.3) is 0 Å². The first-order chi connectivity index (χ1) is 10.4. The molecule has 4 unspecified atom stereocenters. The highest BCUT2D eigenvalue weighted by Gasteiger charge is 2.37. The van der Waals surface area contributed by atoms with Gasteiger partial charge in [-0.25, -0.2) is 0 Å². The van der Waals surface area contributed by atoms with Gasteiger partial charge in [0, 0.05) is 6.07 Å². The van der Waals surface area contributed by atoms with Gasteiger partial charge >= 0.3 is 0 Å². The number of nitrogens with zero attached hydrogens (tertiary/aromatic N) is 1. The third-order valence-corrected chi connectivity index (χ3v) is 3.28. The molecule has 1 heterocycles. The largest absolute Gasteiger partial charge is 0.733 e. The van der Waals surface area contributed by atoms with Crippen LogP contribution in [0, 0.1) is 5.21 Å². The summed E-state index contributed by atoms with van der Waals surface area (Å²) < 4.78 is 10.4. The molecule has 1 saturated heterocycles. The molecule has 1 fully saturated rings. The molecule has 124 valence electrons. The summed E-state index contributed by atoms with van der Waals surface area (Å²) in [4.78, 5) is 0. The number of anilines is 2. The lowest BCUT2D eigenvalue weighted by molar-refractivity contribution is -0.178. The highest BCUT2D eigenvalue weighted by atomic mass is 16.8. The van der Waals surface area contributed by atoms with Crippen molar-refractivity contribution in [2.24, 2.45) is 0 Å². The predicted molar refractivity (Wildman–Crippen MR) is 76.6 cm³/mol. The van der Waals surface area contributed by atoms with E-state index in [1.54, 1.807) is 13.0 Å². The maximum absolute atomic E-state index is 11.2. The van der Waals surface area contributed by atoms with Crippen molar-refractivity contribution in [1.82, 2.24) is 0 Å². The lowest BCUT2D eigenvalue weighted by atomic mass is 10.0. The monoisotopic (exact) mass is 315 g/mol. The molecule has 1 aromatic carbocycles. The minimum atomic E-state index is -1.40. The molecule has 22 heavy (non-hydrogen) atoms. The zero-order valence-corrected chi connectivity index (χ0v) is 11.9. The van der Waals surface area contributed by atoms with Crippen LogP contribution < -0.4 is 15.3 Å². The van der Waals surface area contributed by atoms with Gasteiger partial charge in [-0.3, -0.25) is 5.21 Å². The Labute approximate surface area is 126 Å². The molecule has 5 N–H and O–H groups in total. The molecule has 1 aromatic rings. The van der Waals surface area contributed by atoms with Gasteiger partial charge in [-0.2, -0.15) is 0 Å². The number of ether oxygens (including phenoxy) is 2. The Balaban J connectivity index is 2.18. The summed E-state index contributed by atoms with van der Waals surface area (Å²) in [5, 5.41) is 51.7. The number of benzene rings is 1. The van der Waals surface area contributed by atoms with Gasteiger partial charge in [0.1, 0.15) is 24.1 Å². The Hall–Kier alpha value is -1.62. The quantitative estimate of drug-likeness (QED) is 0.461. The minimum absolute atomic E-state index is 0.137. The van der Waals surface area contributed by atoms with Crippen LogP contribution in [0.5, 0.6) is 5.75 Å². The van der Waals surface area contributed by atoms with Crippen molar-refractivity contribution in [1.29, 1.82) is 0 Å². The van der Waals surface area contributed by atoms with E-state index < -0.39 is 24.5 Å². The second kappa shape index (κ2) is 7.09. The van der Waals surface area contributed by atoms with E-state index in [1.165, 1.54) is 12.1 Å². The van der Waals surface area contributed by atoms with Crippen LogP contribution in [0.25, 0.3) is 0 Å². The van der Waals surface area contributed by atoms with E-state index in [-0.39, 0.29) is 23.2 Å². The Bertz CT molecular complexity index is 499. The van der Waals surface area contributed by atoms with E-state index in [2.05, 4.69) is 5.32 Å². The summed E-state index contributed by atoms with van der Waals surface area (Å²) in [6.07, 6.45) is -5.02. The maximum atomic E-state index is 11.2. The number of hydrogen-bond acceptors (Lipinski definition) is 9. The zero-order valence-electron chi connectivity index (χ0n) is 11.9. The smallest absolute Gasteiger partial charge is 0.156 e. The summed E-state index contributed by atoms with van der Waals surface area (Å²) in [7, 11) is 0. The molecule has 0 aliphatic carbocycles. The molecular formula is C13H19N2O7-. The zero-order chi connectivity index (χ0) is 16.3. The number of rotatable bonds is 5. The second-order valence-corrected chi connectivity index (χ2v) is 4.83. The molecule has 0 saturated carbocycles. The average Bonchev–Trinajstić information content (AvgIpc) is 2.49. The summed E-state index contributed by atoms with van der Waals surface area (Å²) in [5.41, 5.74) is 0.0379. The van der Waals surface area contributed by atoms with E-state index >= 15 is 0 Å². The van der Waals surface area contributed by atoms with Crippen molar-refractivity contribution in [3.05, 3.63) is 23.4 Å². The van der Waals surface area contributed by atoms with Crippen molar-refractivity contribution in [2.45, 2.75) is 31.5 Å². The van der Waals surface area contributed by atoms with Gasteiger partial charge in [0.15, 0.2) is 6.23 Å². The Morgan fingerprint density at radius 3 is 2.73 bits per heavy atom. The number of hydrogen-bond donors (Lipinski definition) is 5. The summed E-state index contributed by atoms with van der Waals surface area (Å²) in [6.45, 7) is 1.99. The van der Waals surface area contributed by atoms with Crippen molar-refractivity contribution >= 4 is 11.4 Å². The van der Waals surface area contributed by atoms with Crippen LogP contribution in [0.1, 0.15) is 6.92 Å². The number of aliphatic hydroxyl groups excluding tert-OH is 3. The maximum Gasteiger partial charge on any atom is 0.156 e. The molecule has 0 aromatic heterocycles. The number of nitrogens with one attached hydrogen (secondary N) is 1. The van der Waals surface area contributed by atoms with Gasteiger partial charge in [-0.1, -0.05) is 0 Å². The summed E-state index contributed by atoms with van der Waals surface area (Å²) >= 11 is 0. The first-order valence-electron chi connectivity index (χ1n) is 6.79. The molecule has 0 amide bonds. The Morgan fingerprint density at radius 2 is 2.09 bits per heavy atom. The molecule has 9 heteroatoms. The molecule has 0 bridgehead atoms. The molecule has 9 nitrogen and oxygen atoms in total. The van der Waals surface area contributed by atoms with Crippen LogP contribution >= 0.6 is 0 Å². The third kappa shape index (κ3) is 3.58. The lowest BCUT2D eigenvalue weighted by Crippen LogP contribution is -2.55. The fraction of sp³-hybridized carbons (Fsp3) is 0.538. The van der Waals surface area contributed by atoms with Gasteiger partial charge in [-0.05, 0) is 19.1 Å². The summed E-state index contributed by atoms with van der Waals surface area (Å²) in [6, 6.07) is 4.35. The SMILES string of the molecule is CCOc1ccc(NC2OCC(O)C(O)C2O)c(N([O-])O)c1. The van der Waals surface area contributed by atoms with E-state index in [9.17, 15) is 25.7 Å². The van der Waals surface area contributed by atoms with Gasteiger partial charge < -0.3 is 40.5 Å². The minimum Gasteiger partial charge on any atom is -0.733 e. The molecular weight excluding hydrogens is 296 g/mol. The summed E-state index contributed by atoms with van der Waals surface area (Å²) in [5.74, 6) is 0.388. The molecule has 1 aliphatic heterocycles. The lowest BCUT2D eigenvalue weighted by Gasteiger charge is -2.37. The normalized spacial score (nSPS) is 28.3. The first kappa shape index (κ1) is 16.7. The van der Waals surface area contributed by atoms with Crippen molar-refractivity contribution in [3.63, 3.8) is 0 Å². The van der Waals surface area contributed by atoms with Crippen molar-refractivity contribution in [3.8, 4) is 5.75 Å². The molecule has 4 atom stereocenters. The van der Waals surface area contributed by atoms with E-state index in [0.29, 0.717) is 12.4 Å². The molecule has 0 spiro atoms. The Morgan fingerprint density at radius 1 is 1.36 bits per heavy atom. The van der Waals surface area contributed by atoms with E-state index in [4.69, 9.17) is 9.47 Å². The average molecular weight is 315 g/mol. The third-order valence-electron chi connectivity index (χ3n) is 3.28. The van der Waals surface area contributed by atoms with Crippen LogP contribution in [-0.4, -0.2) is 58.3 Å². The van der Waals surface area contributed by atoms with Crippen LogP contribution in [0.4, 0.5) is 11.4 Å². The number of aliphatic hydroxyl groups is 3. The molecule has 2 rings (SSSR count). The van der Waals surface area contributed by atoms with Gasteiger partial charge in [0.05, 0.1) is 24.6 Å². The topological polar surface area (TPSA) is 138 Å². The predicted octanol–water partition coefficient (Wildman–Crippen LogP) is -0.370. The van der Waals surface area contributed by atoms with E-state index in [0.717, 1.165) is 0 Å². The van der Waals surface area contributed by atoms with Crippen LogP contribution in [0.3, 0.4) is 0 Å². The van der Waals surface area contributed by atoms with Crippen LogP contribution in [0.15, 0.2) is 18.2 Å². The standard InChI is InChI=1S/C13H19N2O7/c1-2-21-7-3-4-8(9(5-7)15(19)20)14-13-12(18)11(17)10(16)6-22-13/h3-5,10-14,16-19H,2,6H2,1H3/q-1. The Kier molecular flexibility index (Phi) is 5.40. The molecule has 1 aliphatic rings. The fourth-order valence-electron chi connectivity index (χ4n) is 2.13. The highest BCUT2D eigenvalue weighted by Crippen LogP contribution is 2.31. The van der Waals surface area contributed by atoms with E-state index in [1.807, 2.05) is 0 Å². The first-order valence-corrected chi connectivity index (χ1v) is 6.79. The highest BCUT2D eigenvalue weighted by molar-refractivity contribution is 5.71. The van der Waals surface area contributed by atoms with Crippen LogP contribution in [0.2, 0.25) is 0 Å². The van der Waals surface area contributed by atoms with Crippen molar-refractivity contribution < 1.29 is 30.0 Å². The second-order valence-electron chi connectivity index (χ2n) is 4.83. The van der Waals surface area contributed by atoms with Crippen molar-refractivity contribution in [2.75, 3.05) is 23.8 Å². The molecule has 0 radical (unpaired) electrons.